The fourth-order valence-electron chi connectivity index (χ4n) is 2.14. The standard InChI is InChI=1S/C16H21N2P/c1-17(2)14-11-8-12-15(16(14)18(3)4)19-13-9-6-5-7-10-13/h5-12,19H,1-4H3. The summed E-state index contributed by atoms with van der Waals surface area (Å²) in [5, 5.41) is 2.77. The van der Waals surface area contributed by atoms with Crippen molar-refractivity contribution in [2.24, 2.45) is 0 Å². The molecule has 0 aromatic heterocycles. The zero-order valence-corrected chi connectivity index (χ0v) is 13.0. The number of rotatable bonds is 4. The van der Waals surface area contributed by atoms with Gasteiger partial charge in [0, 0.05) is 33.5 Å². The second-order valence-corrected chi connectivity index (χ2v) is 6.32. The van der Waals surface area contributed by atoms with Crippen LogP contribution in [0.1, 0.15) is 0 Å². The van der Waals surface area contributed by atoms with E-state index in [0.29, 0.717) is 8.58 Å². The second kappa shape index (κ2) is 6.08. The number of hydrogen-bond acceptors (Lipinski definition) is 2. The molecule has 0 saturated heterocycles. The van der Waals surface area contributed by atoms with Crippen molar-refractivity contribution in [2.75, 3.05) is 38.0 Å². The second-order valence-electron chi connectivity index (χ2n) is 4.95. The van der Waals surface area contributed by atoms with Crippen LogP contribution in [0.5, 0.6) is 0 Å². The van der Waals surface area contributed by atoms with E-state index in [9.17, 15) is 0 Å². The highest BCUT2D eigenvalue weighted by Crippen LogP contribution is 2.29. The molecule has 0 amide bonds. The van der Waals surface area contributed by atoms with Crippen molar-refractivity contribution in [3.8, 4) is 0 Å². The van der Waals surface area contributed by atoms with Crippen molar-refractivity contribution < 1.29 is 0 Å². The molecule has 2 aromatic rings. The molecule has 2 rings (SSSR count). The molecule has 0 N–H and O–H groups in total. The predicted octanol–water partition coefficient (Wildman–Crippen LogP) is 2.45. The van der Waals surface area contributed by atoms with E-state index in [0.717, 1.165) is 0 Å². The Labute approximate surface area is 117 Å². The van der Waals surface area contributed by atoms with Crippen LogP contribution in [0.2, 0.25) is 0 Å². The number of anilines is 2. The van der Waals surface area contributed by atoms with E-state index < -0.39 is 0 Å². The summed E-state index contributed by atoms with van der Waals surface area (Å²) in [7, 11) is 9.10. The maximum Gasteiger partial charge on any atom is 0.0677 e. The Morgan fingerprint density at radius 1 is 0.737 bits per heavy atom. The zero-order chi connectivity index (χ0) is 13.8. The van der Waals surface area contributed by atoms with Crippen LogP contribution >= 0.6 is 8.58 Å². The van der Waals surface area contributed by atoms with Crippen LogP contribution in [0.15, 0.2) is 48.5 Å². The van der Waals surface area contributed by atoms with E-state index in [1.165, 1.54) is 22.0 Å². The van der Waals surface area contributed by atoms with E-state index in [1.54, 1.807) is 0 Å². The van der Waals surface area contributed by atoms with Crippen LogP contribution in [-0.4, -0.2) is 28.2 Å². The minimum absolute atomic E-state index is 0.689. The van der Waals surface area contributed by atoms with E-state index in [4.69, 9.17) is 0 Å². The molecule has 0 saturated carbocycles. The lowest BCUT2D eigenvalue weighted by molar-refractivity contribution is 1.08. The number of hydrogen-bond donors (Lipinski definition) is 0. The molecule has 2 nitrogen and oxygen atoms in total. The lowest BCUT2D eigenvalue weighted by Gasteiger charge is -2.25. The maximum absolute atomic E-state index is 2.23. The van der Waals surface area contributed by atoms with Gasteiger partial charge in [-0.1, -0.05) is 51.0 Å². The molecule has 2 aromatic carbocycles. The molecule has 1 unspecified atom stereocenters. The third-order valence-corrected chi connectivity index (χ3v) is 4.29. The van der Waals surface area contributed by atoms with Gasteiger partial charge in [-0.05, 0) is 11.4 Å². The highest BCUT2D eigenvalue weighted by Gasteiger charge is 2.12. The third-order valence-electron chi connectivity index (χ3n) is 3.00. The molecule has 0 radical (unpaired) electrons. The van der Waals surface area contributed by atoms with E-state index in [2.05, 4.69) is 86.5 Å². The molecular weight excluding hydrogens is 251 g/mol. The Hall–Kier alpha value is -1.53. The molecule has 100 valence electrons. The van der Waals surface area contributed by atoms with Gasteiger partial charge in [0.05, 0.1) is 11.4 Å². The number of nitrogens with zero attached hydrogens (tertiary/aromatic N) is 2. The van der Waals surface area contributed by atoms with Gasteiger partial charge >= 0.3 is 0 Å². The molecule has 1 atom stereocenters. The first-order valence-corrected chi connectivity index (χ1v) is 7.39. The first kappa shape index (κ1) is 13.9. The van der Waals surface area contributed by atoms with Crippen LogP contribution in [0, 0.1) is 0 Å². The Morgan fingerprint density at radius 3 is 2.00 bits per heavy atom. The summed E-state index contributed by atoms with van der Waals surface area (Å²) in [5.74, 6) is 0. The first-order valence-electron chi connectivity index (χ1n) is 6.39. The number of benzene rings is 2. The monoisotopic (exact) mass is 272 g/mol. The summed E-state index contributed by atoms with van der Waals surface area (Å²) in [6.45, 7) is 0. The Balaban J connectivity index is 2.42. The topological polar surface area (TPSA) is 6.48 Å². The Bertz CT molecular complexity index is 536. The summed E-state index contributed by atoms with van der Waals surface area (Å²) in [5.41, 5.74) is 2.58. The van der Waals surface area contributed by atoms with E-state index in [-0.39, 0.29) is 0 Å². The minimum atomic E-state index is 0.689. The normalized spacial score (nSPS) is 10.9. The van der Waals surface area contributed by atoms with Crippen LogP contribution in [0.25, 0.3) is 0 Å². The molecule has 19 heavy (non-hydrogen) atoms. The van der Waals surface area contributed by atoms with Crippen LogP contribution in [-0.2, 0) is 0 Å². The van der Waals surface area contributed by atoms with Gasteiger partial charge in [-0.2, -0.15) is 0 Å². The van der Waals surface area contributed by atoms with Gasteiger partial charge in [0.2, 0.25) is 0 Å². The zero-order valence-electron chi connectivity index (χ0n) is 12.0. The molecule has 0 aliphatic heterocycles. The SMILES string of the molecule is CN(C)c1cccc(Pc2ccccc2)c1N(C)C. The Morgan fingerprint density at radius 2 is 1.42 bits per heavy atom. The van der Waals surface area contributed by atoms with Crippen molar-refractivity contribution in [1.82, 2.24) is 0 Å². The van der Waals surface area contributed by atoms with E-state index in [1.807, 2.05) is 0 Å². The van der Waals surface area contributed by atoms with Gasteiger partial charge in [0.15, 0.2) is 0 Å². The third kappa shape index (κ3) is 3.27. The molecular formula is C16H21N2P. The lowest BCUT2D eigenvalue weighted by atomic mass is 10.2. The smallest absolute Gasteiger partial charge is 0.0677 e. The predicted molar refractivity (Wildman–Crippen MR) is 89.1 cm³/mol. The summed E-state index contributed by atoms with van der Waals surface area (Å²) >= 11 is 0. The molecule has 3 heteroatoms. The molecule has 0 aliphatic rings. The average Bonchev–Trinajstić information content (AvgIpc) is 2.39. The largest absolute Gasteiger partial charge is 0.376 e. The summed E-state index contributed by atoms with van der Waals surface area (Å²) in [4.78, 5) is 4.38. The van der Waals surface area contributed by atoms with Gasteiger partial charge in [0.25, 0.3) is 0 Å². The molecule has 0 spiro atoms. The quantitative estimate of drug-likeness (QED) is 0.789. The van der Waals surface area contributed by atoms with Gasteiger partial charge < -0.3 is 9.80 Å². The first-order chi connectivity index (χ1) is 9.09. The van der Waals surface area contributed by atoms with Crippen LogP contribution in [0.3, 0.4) is 0 Å². The molecule has 0 aliphatic carbocycles. The summed E-state index contributed by atoms with van der Waals surface area (Å²) in [6, 6.07) is 17.2. The average molecular weight is 272 g/mol. The van der Waals surface area contributed by atoms with Crippen molar-refractivity contribution in [3.05, 3.63) is 48.5 Å². The highest BCUT2D eigenvalue weighted by atomic mass is 31.1. The number of para-hydroxylation sites is 1. The maximum atomic E-state index is 2.23. The molecule has 0 bridgehead atoms. The highest BCUT2D eigenvalue weighted by molar-refractivity contribution is 7.56. The van der Waals surface area contributed by atoms with Crippen LogP contribution in [0.4, 0.5) is 11.4 Å². The van der Waals surface area contributed by atoms with Crippen molar-refractivity contribution in [1.29, 1.82) is 0 Å². The molecule has 0 heterocycles. The van der Waals surface area contributed by atoms with E-state index >= 15 is 0 Å². The lowest BCUT2D eigenvalue weighted by Crippen LogP contribution is -2.22. The Kier molecular flexibility index (Phi) is 4.44. The van der Waals surface area contributed by atoms with Crippen molar-refractivity contribution >= 4 is 30.6 Å². The fraction of sp³-hybridized carbons (Fsp3) is 0.250. The minimum Gasteiger partial charge on any atom is -0.376 e. The molecule has 0 fully saturated rings. The van der Waals surface area contributed by atoms with Gasteiger partial charge in [-0.25, -0.2) is 0 Å². The summed E-state index contributed by atoms with van der Waals surface area (Å²) < 4.78 is 0. The van der Waals surface area contributed by atoms with Crippen LogP contribution < -0.4 is 20.4 Å². The van der Waals surface area contributed by atoms with Crippen molar-refractivity contribution in [2.45, 2.75) is 0 Å². The summed E-state index contributed by atoms with van der Waals surface area (Å²) in [6.07, 6.45) is 0. The van der Waals surface area contributed by atoms with Gasteiger partial charge in [-0.15, -0.1) is 0 Å². The van der Waals surface area contributed by atoms with Crippen molar-refractivity contribution in [3.63, 3.8) is 0 Å². The fourth-order valence-corrected chi connectivity index (χ4v) is 3.46. The van der Waals surface area contributed by atoms with Gasteiger partial charge in [-0.3, -0.25) is 0 Å². The van der Waals surface area contributed by atoms with Gasteiger partial charge in [0.1, 0.15) is 0 Å².